The Morgan fingerprint density at radius 2 is 1.95 bits per heavy atom. The normalized spacial score (nSPS) is 13.1. The smallest absolute Gasteiger partial charge is 0.241 e. The van der Waals surface area contributed by atoms with Crippen LogP contribution in [0.5, 0.6) is 0 Å². The maximum absolute atomic E-state index is 12.0. The average molecular weight is 264 g/mol. The molecular weight excluding hydrogens is 240 g/mol. The summed E-state index contributed by atoms with van der Waals surface area (Å²) in [5.41, 5.74) is 7.53. The molecule has 4 heteroatoms. The van der Waals surface area contributed by atoms with Gasteiger partial charge in [0.2, 0.25) is 5.91 Å². The lowest BCUT2D eigenvalue weighted by Crippen LogP contribution is -2.43. The number of carbonyl (C=O) groups excluding carboxylic acids is 1. The van der Waals surface area contributed by atoms with Crippen LogP contribution in [0.25, 0.3) is 0 Å². The fraction of sp³-hybridized carbons (Fsp3) is 0.533. The summed E-state index contributed by atoms with van der Waals surface area (Å²) in [6.45, 7) is 8.87. The lowest BCUT2D eigenvalue weighted by molar-refractivity contribution is -0.124. The molecule has 0 saturated carbocycles. The van der Waals surface area contributed by atoms with Crippen molar-refractivity contribution in [1.82, 2.24) is 5.32 Å². The van der Waals surface area contributed by atoms with Crippen molar-refractivity contribution < 1.29 is 9.53 Å². The van der Waals surface area contributed by atoms with Crippen LogP contribution in [0, 0.1) is 6.92 Å². The van der Waals surface area contributed by atoms with Gasteiger partial charge in [0.25, 0.3) is 0 Å². The monoisotopic (exact) mass is 264 g/mol. The van der Waals surface area contributed by atoms with Crippen LogP contribution in [0.3, 0.4) is 0 Å². The molecule has 1 unspecified atom stereocenters. The molecule has 0 aliphatic carbocycles. The number of nitrogens with one attached hydrogen (secondary N) is 1. The summed E-state index contributed by atoms with van der Waals surface area (Å²) in [5, 5.41) is 2.83. The van der Waals surface area contributed by atoms with Crippen LogP contribution in [-0.4, -0.2) is 24.7 Å². The van der Waals surface area contributed by atoms with Crippen molar-refractivity contribution >= 4 is 5.91 Å². The minimum absolute atomic E-state index is 0.184. The summed E-state index contributed by atoms with van der Waals surface area (Å²) in [5.74, 6) is -0.184. The van der Waals surface area contributed by atoms with E-state index in [1.807, 2.05) is 52.0 Å². The number of carbonyl (C=O) groups is 1. The Bertz CT molecular complexity index is 413. The van der Waals surface area contributed by atoms with E-state index in [1.165, 1.54) is 0 Å². The van der Waals surface area contributed by atoms with Crippen molar-refractivity contribution in [3.8, 4) is 0 Å². The van der Waals surface area contributed by atoms with Crippen LogP contribution in [0.4, 0.5) is 0 Å². The van der Waals surface area contributed by atoms with Crippen LogP contribution >= 0.6 is 0 Å². The van der Waals surface area contributed by atoms with Gasteiger partial charge in [0.05, 0.1) is 5.60 Å². The highest BCUT2D eigenvalue weighted by atomic mass is 16.5. The van der Waals surface area contributed by atoms with Gasteiger partial charge >= 0.3 is 0 Å². The number of hydrogen-bond acceptors (Lipinski definition) is 3. The Labute approximate surface area is 115 Å². The number of aryl methyl sites for hydroxylation is 1. The van der Waals surface area contributed by atoms with Crippen LogP contribution in [0.2, 0.25) is 0 Å². The zero-order valence-corrected chi connectivity index (χ0v) is 12.2. The van der Waals surface area contributed by atoms with Crippen LogP contribution in [0.15, 0.2) is 24.3 Å². The van der Waals surface area contributed by atoms with Crippen LogP contribution < -0.4 is 11.1 Å². The molecule has 1 aromatic rings. The number of amides is 1. The summed E-state index contributed by atoms with van der Waals surface area (Å²) in [6, 6.07) is 7.03. The Kier molecular flexibility index (Phi) is 5.51. The largest absolute Gasteiger partial charge is 0.374 e. The lowest BCUT2D eigenvalue weighted by atomic mass is 10.0. The molecule has 0 saturated heterocycles. The molecule has 1 atom stereocenters. The molecule has 0 aliphatic rings. The zero-order chi connectivity index (χ0) is 14.5. The van der Waals surface area contributed by atoms with E-state index in [9.17, 15) is 4.79 Å². The molecule has 0 spiro atoms. The van der Waals surface area contributed by atoms with Gasteiger partial charge in [-0.2, -0.15) is 0 Å². The van der Waals surface area contributed by atoms with Gasteiger partial charge in [-0.05, 0) is 33.3 Å². The second kappa shape index (κ2) is 6.68. The van der Waals surface area contributed by atoms with E-state index in [1.54, 1.807) is 0 Å². The van der Waals surface area contributed by atoms with Crippen molar-refractivity contribution in [3.63, 3.8) is 0 Å². The number of rotatable bonds is 6. The molecule has 1 aromatic carbocycles. The highest BCUT2D eigenvalue weighted by molar-refractivity contribution is 5.82. The summed E-state index contributed by atoms with van der Waals surface area (Å²) < 4.78 is 5.53. The lowest BCUT2D eigenvalue weighted by Gasteiger charge is -2.25. The first-order valence-corrected chi connectivity index (χ1v) is 6.59. The second-order valence-corrected chi connectivity index (χ2v) is 5.30. The highest BCUT2D eigenvalue weighted by Crippen LogP contribution is 2.12. The first-order valence-electron chi connectivity index (χ1n) is 6.59. The van der Waals surface area contributed by atoms with E-state index in [0.29, 0.717) is 13.2 Å². The molecule has 0 aromatic heterocycles. The van der Waals surface area contributed by atoms with Gasteiger partial charge in [0.1, 0.15) is 6.04 Å². The molecule has 0 aliphatic heterocycles. The third-order valence-electron chi connectivity index (χ3n) is 2.94. The van der Waals surface area contributed by atoms with Gasteiger partial charge < -0.3 is 15.8 Å². The van der Waals surface area contributed by atoms with Crippen molar-refractivity contribution in [1.29, 1.82) is 0 Å². The molecule has 3 N–H and O–H groups in total. The van der Waals surface area contributed by atoms with Crippen molar-refractivity contribution in [2.24, 2.45) is 5.73 Å². The fourth-order valence-corrected chi connectivity index (χ4v) is 1.78. The molecule has 0 radical (unpaired) electrons. The zero-order valence-electron chi connectivity index (χ0n) is 12.2. The van der Waals surface area contributed by atoms with Crippen molar-refractivity contribution in [3.05, 3.63) is 35.4 Å². The van der Waals surface area contributed by atoms with Gasteiger partial charge in [0.15, 0.2) is 0 Å². The van der Waals surface area contributed by atoms with Gasteiger partial charge in [-0.3, -0.25) is 4.79 Å². The Balaban J connectivity index is 2.56. The molecule has 0 bridgehead atoms. The van der Waals surface area contributed by atoms with Gasteiger partial charge in [-0.1, -0.05) is 29.8 Å². The first-order chi connectivity index (χ1) is 8.85. The third kappa shape index (κ3) is 5.01. The molecule has 1 rings (SSSR count). The Morgan fingerprint density at radius 3 is 2.47 bits per heavy atom. The molecular formula is C15H24N2O2. The fourth-order valence-electron chi connectivity index (χ4n) is 1.78. The summed E-state index contributed by atoms with van der Waals surface area (Å²) in [6.07, 6.45) is 0. The summed E-state index contributed by atoms with van der Waals surface area (Å²) in [7, 11) is 0. The Hall–Kier alpha value is -1.39. The van der Waals surface area contributed by atoms with E-state index >= 15 is 0 Å². The number of ether oxygens (including phenoxy) is 1. The summed E-state index contributed by atoms with van der Waals surface area (Å²) in [4.78, 5) is 12.0. The molecule has 0 heterocycles. The molecule has 1 amide bonds. The molecule has 106 valence electrons. The van der Waals surface area contributed by atoms with Crippen molar-refractivity contribution in [2.75, 3.05) is 13.2 Å². The predicted octanol–water partition coefficient (Wildman–Crippen LogP) is 1.93. The van der Waals surface area contributed by atoms with Gasteiger partial charge in [-0.25, -0.2) is 0 Å². The topological polar surface area (TPSA) is 64.3 Å². The summed E-state index contributed by atoms with van der Waals surface area (Å²) >= 11 is 0. The average Bonchev–Trinajstić information content (AvgIpc) is 2.36. The van der Waals surface area contributed by atoms with E-state index < -0.39 is 6.04 Å². The second-order valence-electron chi connectivity index (χ2n) is 5.30. The quantitative estimate of drug-likeness (QED) is 0.825. The van der Waals surface area contributed by atoms with E-state index in [2.05, 4.69) is 5.32 Å². The van der Waals surface area contributed by atoms with Crippen LogP contribution in [0.1, 0.15) is 37.9 Å². The predicted molar refractivity (Wildman–Crippen MR) is 76.8 cm³/mol. The standard InChI is InChI=1S/C15H24N2O2/c1-5-19-15(3,4)10-17-14(18)13(16)12-8-6-11(2)7-9-12/h6-9,13H,5,10,16H2,1-4H3,(H,17,18). The maximum atomic E-state index is 12.0. The SMILES string of the molecule is CCOC(C)(C)CNC(=O)C(N)c1ccc(C)cc1. The number of hydrogen-bond donors (Lipinski definition) is 2. The van der Waals surface area contributed by atoms with Gasteiger partial charge in [0, 0.05) is 13.2 Å². The van der Waals surface area contributed by atoms with E-state index in [4.69, 9.17) is 10.5 Å². The van der Waals surface area contributed by atoms with Gasteiger partial charge in [-0.15, -0.1) is 0 Å². The Morgan fingerprint density at radius 1 is 1.37 bits per heavy atom. The van der Waals surface area contributed by atoms with E-state index in [-0.39, 0.29) is 11.5 Å². The maximum Gasteiger partial charge on any atom is 0.241 e. The van der Waals surface area contributed by atoms with Crippen LogP contribution in [-0.2, 0) is 9.53 Å². The molecule has 4 nitrogen and oxygen atoms in total. The molecule has 0 fully saturated rings. The minimum atomic E-state index is -0.641. The third-order valence-corrected chi connectivity index (χ3v) is 2.94. The first kappa shape index (κ1) is 15.7. The number of nitrogens with two attached hydrogens (primary N) is 1. The molecule has 19 heavy (non-hydrogen) atoms. The van der Waals surface area contributed by atoms with E-state index in [0.717, 1.165) is 11.1 Å². The number of benzene rings is 1. The minimum Gasteiger partial charge on any atom is -0.374 e. The van der Waals surface area contributed by atoms with Crippen molar-refractivity contribution in [2.45, 2.75) is 39.3 Å². The highest BCUT2D eigenvalue weighted by Gasteiger charge is 2.21.